The smallest absolute Gasteiger partial charge is 0.337 e. The number of carbonyl (C=O) groups is 2. The summed E-state index contributed by atoms with van der Waals surface area (Å²) in [6, 6.07) is 6.16. The van der Waals surface area contributed by atoms with E-state index in [1.165, 1.54) is 17.2 Å². The van der Waals surface area contributed by atoms with Crippen LogP contribution in [0.25, 0.3) is 0 Å². The molecule has 3 unspecified atom stereocenters. The van der Waals surface area contributed by atoms with Gasteiger partial charge in [0.15, 0.2) is 0 Å². The first-order valence-electron chi connectivity index (χ1n) is 12.4. The number of aliphatic hydroxyl groups is 1. The van der Waals surface area contributed by atoms with Crippen molar-refractivity contribution in [2.24, 2.45) is 23.2 Å². The predicted molar refractivity (Wildman–Crippen MR) is 122 cm³/mol. The summed E-state index contributed by atoms with van der Waals surface area (Å²) in [5.41, 5.74) is 2.62. The van der Waals surface area contributed by atoms with Gasteiger partial charge in [-0.25, -0.2) is 4.79 Å². The Morgan fingerprint density at radius 3 is 2.78 bits per heavy atom. The van der Waals surface area contributed by atoms with Crippen LogP contribution in [-0.2, 0) is 16.0 Å². The van der Waals surface area contributed by atoms with Crippen LogP contribution in [0.1, 0.15) is 68.9 Å². The van der Waals surface area contributed by atoms with Crippen LogP contribution in [0, 0.1) is 23.2 Å². The van der Waals surface area contributed by atoms with Crippen LogP contribution in [-0.4, -0.2) is 41.5 Å². The predicted octanol–water partition coefficient (Wildman–Crippen LogP) is 4.24. The summed E-state index contributed by atoms with van der Waals surface area (Å²) in [7, 11) is 0. The van der Waals surface area contributed by atoms with Gasteiger partial charge in [0.2, 0.25) is 0 Å². The molecule has 4 aliphatic rings. The van der Waals surface area contributed by atoms with Crippen molar-refractivity contribution in [3.63, 3.8) is 0 Å². The first kappa shape index (κ1) is 21.7. The minimum absolute atomic E-state index is 0.0894. The molecule has 5 heteroatoms. The van der Waals surface area contributed by atoms with Gasteiger partial charge in [-0.3, -0.25) is 4.79 Å². The minimum Gasteiger partial charge on any atom is -0.423 e. The molecule has 0 spiro atoms. The van der Waals surface area contributed by atoms with E-state index in [4.69, 9.17) is 4.74 Å². The Bertz CT molecular complexity index is 916. The van der Waals surface area contributed by atoms with E-state index in [1.54, 1.807) is 0 Å². The topological polar surface area (TPSA) is 66.8 Å². The summed E-state index contributed by atoms with van der Waals surface area (Å²) in [6.07, 6.45) is 11.3. The van der Waals surface area contributed by atoms with Gasteiger partial charge >= 0.3 is 5.97 Å². The van der Waals surface area contributed by atoms with Crippen LogP contribution in [0.3, 0.4) is 0 Å². The van der Waals surface area contributed by atoms with E-state index in [0.717, 1.165) is 64.5 Å². The Morgan fingerprint density at radius 1 is 1.19 bits per heavy atom. The molecule has 5 nitrogen and oxygen atoms in total. The van der Waals surface area contributed by atoms with Crippen molar-refractivity contribution in [3.8, 4) is 5.75 Å². The number of likely N-dealkylation sites (tertiary alicyclic amines) is 1. The molecule has 0 aromatic heterocycles. The molecular formula is C27H35NO4. The SMILES string of the molecule is C[C@]12CCC3c4ccc(OC(=O)/C=C/N5CCC(CO)CC5)cc4CCC3C1CCC2=O. The molecule has 2 saturated carbocycles. The molecule has 0 radical (unpaired) electrons. The molecule has 4 atom stereocenters. The molecule has 1 aromatic rings. The molecule has 32 heavy (non-hydrogen) atoms. The van der Waals surface area contributed by atoms with Crippen LogP contribution < -0.4 is 4.74 Å². The van der Waals surface area contributed by atoms with Gasteiger partial charge in [0.25, 0.3) is 0 Å². The number of ketones is 1. The van der Waals surface area contributed by atoms with E-state index >= 15 is 0 Å². The molecule has 3 fully saturated rings. The van der Waals surface area contributed by atoms with E-state index < -0.39 is 0 Å². The van der Waals surface area contributed by atoms with Crippen molar-refractivity contribution >= 4 is 11.8 Å². The van der Waals surface area contributed by atoms with Crippen molar-refractivity contribution in [2.45, 2.75) is 64.2 Å². The second-order valence-corrected chi connectivity index (χ2v) is 10.6. The van der Waals surface area contributed by atoms with Gasteiger partial charge in [-0.1, -0.05) is 13.0 Å². The fourth-order valence-corrected chi connectivity index (χ4v) is 6.99. The third kappa shape index (κ3) is 3.89. The van der Waals surface area contributed by atoms with Crippen LogP contribution >= 0.6 is 0 Å². The number of benzene rings is 1. The van der Waals surface area contributed by atoms with E-state index in [2.05, 4.69) is 24.0 Å². The number of esters is 1. The van der Waals surface area contributed by atoms with Gasteiger partial charge in [0.1, 0.15) is 11.5 Å². The number of hydrogen-bond donors (Lipinski definition) is 1. The van der Waals surface area contributed by atoms with Crippen molar-refractivity contribution < 1.29 is 19.4 Å². The normalized spacial score (nSPS) is 32.5. The fourth-order valence-electron chi connectivity index (χ4n) is 6.99. The third-order valence-corrected chi connectivity index (χ3v) is 8.95. The zero-order valence-electron chi connectivity index (χ0n) is 19.1. The van der Waals surface area contributed by atoms with E-state index in [-0.39, 0.29) is 18.0 Å². The molecule has 1 saturated heterocycles. The summed E-state index contributed by atoms with van der Waals surface area (Å²) in [5.74, 6) is 2.82. The van der Waals surface area contributed by atoms with Gasteiger partial charge in [-0.2, -0.15) is 0 Å². The monoisotopic (exact) mass is 437 g/mol. The molecule has 1 N–H and O–H groups in total. The van der Waals surface area contributed by atoms with Crippen molar-refractivity contribution in [2.75, 3.05) is 19.7 Å². The summed E-state index contributed by atoms with van der Waals surface area (Å²) >= 11 is 0. The molecule has 172 valence electrons. The number of Topliss-reactive ketones (excluding diaryl/α,β-unsaturated/α-hetero) is 1. The Labute approximate surface area is 190 Å². The number of carbonyl (C=O) groups excluding carboxylic acids is 2. The third-order valence-electron chi connectivity index (χ3n) is 8.95. The number of aliphatic hydroxyl groups excluding tert-OH is 1. The van der Waals surface area contributed by atoms with Gasteiger partial charge in [0.05, 0.1) is 0 Å². The molecule has 1 heterocycles. The summed E-state index contributed by atoms with van der Waals surface area (Å²) < 4.78 is 5.61. The quantitative estimate of drug-likeness (QED) is 0.434. The van der Waals surface area contributed by atoms with E-state index in [1.807, 2.05) is 12.3 Å². The maximum absolute atomic E-state index is 12.5. The lowest BCUT2D eigenvalue weighted by Crippen LogP contribution is -2.42. The molecule has 1 aliphatic heterocycles. The Hall–Kier alpha value is -2.14. The Kier molecular flexibility index (Phi) is 5.87. The van der Waals surface area contributed by atoms with Crippen LogP contribution in [0.2, 0.25) is 0 Å². The average molecular weight is 438 g/mol. The zero-order valence-corrected chi connectivity index (χ0v) is 19.1. The first-order valence-corrected chi connectivity index (χ1v) is 12.4. The molecule has 0 bridgehead atoms. The summed E-state index contributed by atoms with van der Waals surface area (Å²) in [4.78, 5) is 27.0. The molecule has 0 amide bonds. The number of piperidine rings is 1. The second-order valence-electron chi connectivity index (χ2n) is 10.6. The summed E-state index contributed by atoms with van der Waals surface area (Å²) in [6.45, 7) is 4.19. The van der Waals surface area contributed by atoms with Crippen LogP contribution in [0.15, 0.2) is 30.5 Å². The zero-order chi connectivity index (χ0) is 22.3. The number of ether oxygens (including phenoxy) is 1. The first-order chi connectivity index (χ1) is 15.5. The molecule has 3 aliphatic carbocycles. The summed E-state index contributed by atoms with van der Waals surface area (Å²) in [5, 5.41) is 9.25. The molecule has 1 aromatic carbocycles. The van der Waals surface area contributed by atoms with E-state index in [9.17, 15) is 14.7 Å². The molecule has 5 rings (SSSR count). The number of hydrogen-bond acceptors (Lipinski definition) is 5. The van der Waals surface area contributed by atoms with Crippen LogP contribution in [0.4, 0.5) is 0 Å². The van der Waals surface area contributed by atoms with Crippen molar-refractivity contribution in [1.29, 1.82) is 0 Å². The number of nitrogens with zero attached hydrogens (tertiary/aromatic N) is 1. The van der Waals surface area contributed by atoms with Gasteiger partial charge in [-0.15, -0.1) is 0 Å². The largest absolute Gasteiger partial charge is 0.423 e. The highest BCUT2D eigenvalue weighted by molar-refractivity contribution is 5.87. The standard InChI is InChI=1S/C27H35NO4/c1-27-12-8-22-21-5-3-20(16-19(21)2-4-23(22)24(27)6-7-25(27)30)32-26(31)11-15-28-13-9-18(17-29)10-14-28/h3,5,11,15-16,18,22-24,29H,2,4,6-10,12-14,17H2,1H3/b15-11+/t22?,23?,24?,27-/m0/s1. The van der Waals surface area contributed by atoms with Crippen molar-refractivity contribution in [1.82, 2.24) is 4.90 Å². The number of aryl methyl sites for hydroxylation is 1. The highest BCUT2D eigenvalue weighted by Crippen LogP contribution is 2.59. The van der Waals surface area contributed by atoms with Gasteiger partial charge in [-0.05, 0) is 91.9 Å². The maximum atomic E-state index is 12.5. The van der Waals surface area contributed by atoms with Crippen LogP contribution in [0.5, 0.6) is 5.75 Å². The maximum Gasteiger partial charge on any atom is 0.337 e. The van der Waals surface area contributed by atoms with Gasteiger partial charge in [0, 0.05) is 43.8 Å². The number of rotatable bonds is 4. The Balaban J connectivity index is 1.22. The van der Waals surface area contributed by atoms with Crippen molar-refractivity contribution in [3.05, 3.63) is 41.6 Å². The van der Waals surface area contributed by atoms with E-state index in [0.29, 0.717) is 35.2 Å². The lowest BCUT2D eigenvalue weighted by atomic mass is 9.55. The average Bonchev–Trinajstić information content (AvgIpc) is 3.12. The highest BCUT2D eigenvalue weighted by Gasteiger charge is 2.54. The minimum atomic E-state index is -0.346. The van der Waals surface area contributed by atoms with Gasteiger partial charge < -0.3 is 14.7 Å². The second kappa shape index (κ2) is 8.66. The molecular weight excluding hydrogens is 402 g/mol. The lowest BCUT2D eigenvalue weighted by Gasteiger charge is -2.48. The number of fused-ring (bicyclic) bond motifs is 5. The lowest BCUT2D eigenvalue weighted by molar-refractivity contribution is -0.129. The Morgan fingerprint density at radius 2 is 2.00 bits per heavy atom. The fraction of sp³-hybridized carbons (Fsp3) is 0.630. The highest BCUT2D eigenvalue weighted by atomic mass is 16.5.